The molecule has 0 bridgehead atoms. The van der Waals surface area contributed by atoms with E-state index in [-0.39, 0.29) is 5.02 Å². The van der Waals surface area contributed by atoms with E-state index in [0.29, 0.717) is 12.2 Å². The fraction of sp³-hybridized carbons (Fsp3) is 0.0588. The SMILES string of the molecule is Fc1c(Cl)cccc1NCc1ccc(-c2ccccc2)s1. The number of hydrogen-bond donors (Lipinski definition) is 1. The molecule has 0 saturated carbocycles. The van der Waals surface area contributed by atoms with E-state index in [2.05, 4.69) is 29.6 Å². The van der Waals surface area contributed by atoms with Gasteiger partial charge >= 0.3 is 0 Å². The molecule has 1 heterocycles. The first kappa shape index (κ1) is 14.1. The molecule has 0 aliphatic heterocycles. The van der Waals surface area contributed by atoms with Crippen LogP contribution in [0, 0.1) is 5.82 Å². The number of halogens is 2. The summed E-state index contributed by atoms with van der Waals surface area (Å²) in [6.45, 7) is 0.578. The number of anilines is 1. The smallest absolute Gasteiger partial charge is 0.164 e. The van der Waals surface area contributed by atoms with Crippen molar-refractivity contribution in [1.82, 2.24) is 0 Å². The summed E-state index contributed by atoms with van der Waals surface area (Å²) >= 11 is 7.46. The quantitative estimate of drug-likeness (QED) is 0.639. The maximum absolute atomic E-state index is 13.8. The normalized spacial score (nSPS) is 10.6. The molecule has 2 aromatic carbocycles. The molecule has 0 radical (unpaired) electrons. The predicted octanol–water partition coefficient (Wildman–Crippen LogP) is 5.82. The van der Waals surface area contributed by atoms with Gasteiger partial charge in [-0.3, -0.25) is 0 Å². The Balaban J connectivity index is 1.72. The summed E-state index contributed by atoms with van der Waals surface area (Å²) in [4.78, 5) is 2.35. The third-order valence-electron chi connectivity index (χ3n) is 3.12. The van der Waals surface area contributed by atoms with Crippen LogP contribution >= 0.6 is 22.9 Å². The Labute approximate surface area is 132 Å². The van der Waals surface area contributed by atoms with Crippen LogP contribution in [0.25, 0.3) is 10.4 Å². The van der Waals surface area contributed by atoms with Crippen molar-refractivity contribution in [1.29, 1.82) is 0 Å². The molecular formula is C17H13ClFNS. The van der Waals surface area contributed by atoms with Crippen molar-refractivity contribution in [2.75, 3.05) is 5.32 Å². The van der Waals surface area contributed by atoms with E-state index in [0.717, 1.165) is 4.88 Å². The van der Waals surface area contributed by atoms with Crippen molar-refractivity contribution in [3.8, 4) is 10.4 Å². The number of benzene rings is 2. The molecule has 0 fully saturated rings. The van der Waals surface area contributed by atoms with Crippen LogP contribution in [0.3, 0.4) is 0 Å². The van der Waals surface area contributed by atoms with Crippen LogP contribution in [-0.2, 0) is 6.54 Å². The van der Waals surface area contributed by atoms with Gasteiger partial charge in [0.1, 0.15) is 0 Å². The first-order chi connectivity index (χ1) is 10.2. The highest BCUT2D eigenvalue weighted by Crippen LogP contribution is 2.29. The largest absolute Gasteiger partial charge is 0.378 e. The highest BCUT2D eigenvalue weighted by atomic mass is 35.5. The summed E-state index contributed by atoms with van der Waals surface area (Å²) in [5.74, 6) is -0.404. The molecule has 3 aromatic rings. The van der Waals surface area contributed by atoms with Crippen LogP contribution in [0.15, 0.2) is 60.7 Å². The molecule has 0 unspecified atom stereocenters. The van der Waals surface area contributed by atoms with Gasteiger partial charge in [0.2, 0.25) is 0 Å². The second-order valence-corrected chi connectivity index (χ2v) is 6.16. The van der Waals surface area contributed by atoms with Crippen LogP contribution in [0.5, 0.6) is 0 Å². The third-order valence-corrected chi connectivity index (χ3v) is 4.55. The fourth-order valence-corrected chi connectivity index (χ4v) is 3.18. The third kappa shape index (κ3) is 3.26. The van der Waals surface area contributed by atoms with Gasteiger partial charge in [0, 0.05) is 16.3 Å². The van der Waals surface area contributed by atoms with Crippen LogP contribution in [0.2, 0.25) is 5.02 Å². The average molecular weight is 318 g/mol. The summed E-state index contributed by atoms with van der Waals surface area (Å²) in [6, 6.07) is 19.3. The predicted molar refractivity (Wildman–Crippen MR) is 88.5 cm³/mol. The Morgan fingerprint density at radius 3 is 2.57 bits per heavy atom. The Morgan fingerprint density at radius 2 is 1.76 bits per heavy atom. The van der Waals surface area contributed by atoms with Gasteiger partial charge in [0.25, 0.3) is 0 Å². The van der Waals surface area contributed by atoms with E-state index < -0.39 is 5.82 Å². The summed E-state index contributed by atoms with van der Waals surface area (Å²) in [5.41, 5.74) is 1.62. The molecule has 0 aliphatic rings. The van der Waals surface area contributed by atoms with Gasteiger partial charge in [0.15, 0.2) is 5.82 Å². The Hall–Kier alpha value is -1.84. The van der Waals surface area contributed by atoms with Gasteiger partial charge < -0.3 is 5.32 Å². The standard InChI is InChI=1S/C17H13ClFNS/c18-14-7-4-8-15(17(14)19)20-11-13-9-10-16(21-13)12-5-2-1-3-6-12/h1-10,20H,11H2. The van der Waals surface area contributed by atoms with Crippen LogP contribution in [-0.4, -0.2) is 0 Å². The zero-order valence-corrected chi connectivity index (χ0v) is 12.7. The molecular weight excluding hydrogens is 305 g/mol. The van der Waals surface area contributed by atoms with Gasteiger partial charge in [-0.25, -0.2) is 4.39 Å². The van der Waals surface area contributed by atoms with Gasteiger partial charge in [-0.2, -0.15) is 0 Å². The lowest BCUT2D eigenvalue weighted by molar-refractivity contribution is 0.630. The zero-order chi connectivity index (χ0) is 14.7. The first-order valence-corrected chi connectivity index (χ1v) is 7.75. The fourth-order valence-electron chi connectivity index (χ4n) is 2.05. The van der Waals surface area contributed by atoms with Crippen molar-refractivity contribution in [2.45, 2.75) is 6.54 Å². The number of rotatable bonds is 4. The van der Waals surface area contributed by atoms with Gasteiger partial charge in [-0.1, -0.05) is 48.0 Å². The summed E-state index contributed by atoms with van der Waals surface area (Å²) in [7, 11) is 0. The van der Waals surface area contributed by atoms with Crippen LogP contribution in [0.1, 0.15) is 4.88 Å². The Kier molecular flexibility index (Phi) is 4.23. The monoisotopic (exact) mass is 317 g/mol. The molecule has 0 spiro atoms. The minimum Gasteiger partial charge on any atom is -0.378 e. The molecule has 106 valence electrons. The molecule has 1 nitrogen and oxygen atoms in total. The zero-order valence-electron chi connectivity index (χ0n) is 11.1. The Bertz CT molecular complexity index is 740. The van der Waals surface area contributed by atoms with E-state index in [4.69, 9.17) is 11.6 Å². The maximum Gasteiger partial charge on any atom is 0.164 e. The van der Waals surface area contributed by atoms with Crippen molar-refractivity contribution >= 4 is 28.6 Å². The lowest BCUT2D eigenvalue weighted by Gasteiger charge is -2.06. The molecule has 3 rings (SSSR count). The van der Waals surface area contributed by atoms with E-state index >= 15 is 0 Å². The summed E-state index contributed by atoms with van der Waals surface area (Å²) in [5, 5.41) is 3.22. The molecule has 0 saturated heterocycles. The van der Waals surface area contributed by atoms with Gasteiger partial charge in [0.05, 0.1) is 10.7 Å². The van der Waals surface area contributed by atoms with Crippen molar-refractivity contribution < 1.29 is 4.39 Å². The average Bonchev–Trinajstić information content (AvgIpc) is 2.99. The molecule has 0 amide bonds. The van der Waals surface area contributed by atoms with E-state index in [1.807, 2.05) is 18.2 Å². The number of nitrogens with one attached hydrogen (secondary N) is 1. The van der Waals surface area contributed by atoms with E-state index in [1.165, 1.54) is 10.4 Å². The van der Waals surface area contributed by atoms with Gasteiger partial charge in [-0.15, -0.1) is 11.3 Å². The molecule has 0 aliphatic carbocycles. The highest BCUT2D eigenvalue weighted by molar-refractivity contribution is 7.15. The highest BCUT2D eigenvalue weighted by Gasteiger charge is 2.07. The molecule has 0 atom stereocenters. The molecule has 4 heteroatoms. The number of thiophene rings is 1. The lowest BCUT2D eigenvalue weighted by atomic mass is 10.2. The minimum absolute atomic E-state index is 0.135. The topological polar surface area (TPSA) is 12.0 Å². The van der Waals surface area contributed by atoms with Crippen molar-refractivity contribution in [3.63, 3.8) is 0 Å². The molecule has 1 N–H and O–H groups in total. The van der Waals surface area contributed by atoms with Crippen LogP contribution in [0.4, 0.5) is 10.1 Å². The second kappa shape index (κ2) is 6.29. The molecule has 21 heavy (non-hydrogen) atoms. The second-order valence-electron chi connectivity index (χ2n) is 4.59. The van der Waals surface area contributed by atoms with E-state index in [1.54, 1.807) is 29.5 Å². The summed E-state index contributed by atoms with van der Waals surface area (Å²) in [6.07, 6.45) is 0. The van der Waals surface area contributed by atoms with Crippen LogP contribution < -0.4 is 5.32 Å². The Morgan fingerprint density at radius 1 is 0.952 bits per heavy atom. The van der Waals surface area contributed by atoms with E-state index in [9.17, 15) is 4.39 Å². The van der Waals surface area contributed by atoms with Crippen molar-refractivity contribution in [2.24, 2.45) is 0 Å². The molecule has 1 aromatic heterocycles. The summed E-state index contributed by atoms with van der Waals surface area (Å²) < 4.78 is 13.8. The minimum atomic E-state index is -0.404. The number of hydrogen-bond acceptors (Lipinski definition) is 2. The lowest BCUT2D eigenvalue weighted by Crippen LogP contribution is -1.99. The van der Waals surface area contributed by atoms with Gasteiger partial charge in [-0.05, 0) is 29.8 Å². The first-order valence-electron chi connectivity index (χ1n) is 6.56. The van der Waals surface area contributed by atoms with Crippen molar-refractivity contribution in [3.05, 3.63) is 76.4 Å². The maximum atomic E-state index is 13.8.